The van der Waals surface area contributed by atoms with E-state index in [4.69, 9.17) is 0 Å². The number of hydrogen-bond acceptors (Lipinski definition) is 5. The Hall–Kier alpha value is -1.67. The van der Waals surface area contributed by atoms with Crippen molar-refractivity contribution in [1.29, 1.82) is 0 Å². The summed E-state index contributed by atoms with van der Waals surface area (Å²) >= 11 is 1.72. The van der Waals surface area contributed by atoms with Gasteiger partial charge in [-0.3, -0.25) is 14.7 Å². The van der Waals surface area contributed by atoms with E-state index in [9.17, 15) is 4.79 Å². The second-order valence-corrected chi connectivity index (χ2v) is 8.01. The van der Waals surface area contributed by atoms with Crippen LogP contribution in [0.25, 0.3) is 0 Å². The van der Waals surface area contributed by atoms with Gasteiger partial charge in [0.1, 0.15) is 5.01 Å². The lowest BCUT2D eigenvalue weighted by Crippen LogP contribution is -2.50. The molecule has 0 saturated carbocycles. The summed E-state index contributed by atoms with van der Waals surface area (Å²) in [7, 11) is 1.79. The summed E-state index contributed by atoms with van der Waals surface area (Å²) in [4.78, 5) is 24.2. The van der Waals surface area contributed by atoms with Crippen LogP contribution >= 0.6 is 11.3 Å². The zero-order valence-corrected chi connectivity index (χ0v) is 17.2. The van der Waals surface area contributed by atoms with Crippen molar-refractivity contribution in [3.05, 3.63) is 15.6 Å². The van der Waals surface area contributed by atoms with Crippen LogP contribution in [0.15, 0.2) is 4.99 Å². The Morgan fingerprint density at radius 2 is 2.04 bits per heavy atom. The molecule has 1 aliphatic rings. The van der Waals surface area contributed by atoms with Gasteiger partial charge >= 0.3 is 0 Å². The number of aryl methyl sites for hydroxylation is 2. The highest BCUT2D eigenvalue weighted by atomic mass is 32.1. The zero-order valence-electron chi connectivity index (χ0n) is 16.4. The second kappa shape index (κ2) is 10.5. The first-order valence-corrected chi connectivity index (χ1v) is 10.2. The molecule has 26 heavy (non-hydrogen) atoms. The Kier molecular flexibility index (Phi) is 8.31. The Labute approximate surface area is 160 Å². The number of carbonyl (C=O) groups is 1. The zero-order chi connectivity index (χ0) is 18.9. The predicted octanol–water partition coefficient (Wildman–Crippen LogP) is 1.42. The average Bonchev–Trinajstić information content (AvgIpc) is 2.96. The van der Waals surface area contributed by atoms with Gasteiger partial charge in [0.25, 0.3) is 0 Å². The van der Waals surface area contributed by atoms with E-state index < -0.39 is 0 Å². The fourth-order valence-corrected chi connectivity index (χ4v) is 3.79. The molecule has 0 unspecified atom stereocenters. The van der Waals surface area contributed by atoms with Gasteiger partial charge < -0.3 is 16.0 Å². The predicted molar refractivity (Wildman–Crippen MR) is 108 cm³/mol. The Balaban J connectivity index is 1.70. The van der Waals surface area contributed by atoms with E-state index in [-0.39, 0.29) is 5.91 Å². The van der Waals surface area contributed by atoms with E-state index in [0.717, 1.165) is 55.6 Å². The molecular weight excluding hydrogens is 348 g/mol. The van der Waals surface area contributed by atoms with Crippen molar-refractivity contribution in [3.63, 3.8) is 0 Å². The van der Waals surface area contributed by atoms with Crippen molar-refractivity contribution >= 4 is 23.2 Å². The minimum absolute atomic E-state index is 0.129. The molecule has 0 aliphatic carbocycles. The van der Waals surface area contributed by atoms with Crippen molar-refractivity contribution < 1.29 is 4.79 Å². The number of likely N-dealkylation sites (tertiary alicyclic amines) is 1. The lowest BCUT2D eigenvalue weighted by Gasteiger charge is -2.32. The fraction of sp³-hybridized carbons (Fsp3) is 0.722. The van der Waals surface area contributed by atoms with Crippen molar-refractivity contribution in [3.8, 4) is 0 Å². The van der Waals surface area contributed by atoms with Crippen LogP contribution < -0.4 is 16.0 Å². The second-order valence-electron chi connectivity index (χ2n) is 6.72. The molecule has 0 radical (unpaired) electrons. The smallest absolute Gasteiger partial charge is 0.234 e. The normalized spacial score (nSPS) is 16.5. The van der Waals surface area contributed by atoms with Crippen molar-refractivity contribution in [2.45, 2.75) is 52.6 Å². The molecule has 2 heterocycles. The van der Waals surface area contributed by atoms with Gasteiger partial charge in [0.05, 0.1) is 18.8 Å². The molecule has 0 bridgehead atoms. The van der Waals surface area contributed by atoms with Crippen LogP contribution in [-0.2, 0) is 11.3 Å². The van der Waals surface area contributed by atoms with Gasteiger partial charge in [0.15, 0.2) is 5.96 Å². The first-order valence-electron chi connectivity index (χ1n) is 9.41. The van der Waals surface area contributed by atoms with E-state index in [2.05, 4.69) is 44.7 Å². The minimum atomic E-state index is 0.129. The number of aromatic nitrogens is 1. The standard InChI is InChI=1S/C18H32N6OS/c1-5-8-20-16(25)12-24-9-6-15(7-10-24)23-18(19-4)21-11-17-22-13(2)14(3)26-17/h15H,5-12H2,1-4H3,(H,20,25)(H2,19,21,23). The van der Waals surface area contributed by atoms with Crippen molar-refractivity contribution in [1.82, 2.24) is 25.8 Å². The lowest BCUT2D eigenvalue weighted by molar-refractivity contribution is -0.122. The van der Waals surface area contributed by atoms with Crippen LogP contribution in [0.5, 0.6) is 0 Å². The molecule has 1 amide bonds. The number of rotatable bonds is 7. The Morgan fingerprint density at radius 1 is 1.31 bits per heavy atom. The van der Waals surface area contributed by atoms with Gasteiger partial charge in [-0.1, -0.05) is 6.92 Å². The third-order valence-electron chi connectivity index (χ3n) is 4.57. The number of guanidine groups is 1. The number of hydrogen-bond donors (Lipinski definition) is 3. The first-order chi connectivity index (χ1) is 12.5. The summed E-state index contributed by atoms with van der Waals surface area (Å²) in [6, 6.07) is 0.385. The molecule has 1 aliphatic heterocycles. The van der Waals surface area contributed by atoms with E-state index in [0.29, 0.717) is 19.1 Å². The lowest BCUT2D eigenvalue weighted by atomic mass is 10.1. The molecular formula is C18H32N6OS. The summed E-state index contributed by atoms with van der Waals surface area (Å²) in [6.45, 7) is 10.0. The summed E-state index contributed by atoms with van der Waals surface area (Å²) in [5.41, 5.74) is 1.10. The summed E-state index contributed by atoms with van der Waals surface area (Å²) < 4.78 is 0. The van der Waals surface area contributed by atoms with Crippen LogP contribution in [0.4, 0.5) is 0 Å². The number of aliphatic imine (C=N–C) groups is 1. The molecule has 2 rings (SSSR count). The largest absolute Gasteiger partial charge is 0.355 e. The van der Waals surface area contributed by atoms with Crippen molar-refractivity contribution in [2.24, 2.45) is 4.99 Å². The van der Waals surface area contributed by atoms with E-state index in [1.165, 1.54) is 4.88 Å². The molecule has 1 aromatic heterocycles. The molecule has 0 atom stereocenters. The van der Waals surface area contributed by atoms with Gasteiger partial charge in [-0.05, 0) is 33.1 Å². The molecule has 0 spiro atoms. The van der Waals surface area contributed by atoms with Crippen LogP contribution in [0, 0.1) is 13.8 Å². The number of carbonyl (C=O) groups excluding carboxylic acids is 1. The van der Waals surface area contributed by atoms with Gasteiger partial charge in [-0.15, -0.1) is 11.3 Å². The highest BCUT2D eigenvalue weighted by Gasteiger charge is 2.21. The maximum atomic E-state index is 11.8. The van der Waals surface area contributed by atoms with Crippen LogP contribution in [0.3, 0.4) is 0 Å². The fourth-order valence-electron chi connectivity index (χ4n) is 2.92. The summed E-state index contributed by atoms with van der Waals surface area (Å²) in [5, 5.41) is 10.9. The molecule has 1 fully saturated rings. The molecule has 0 aromatic carbocycles. The van der Waals surface area contributed by atoms with Gasteiger partial charge in [0.2, 0.25) is 5.91 Å². The van der Waals surface area contributed by atoms with Crippen LogP contribution in [0.1, 0.15) is 41.8 Å². The number of piperidine rings is 1. The minimum Gasteiger partial charge on any atom is -0.355 e. The quantitative estimate of drug-likeness (QED) is 0.492. The maximum absolute atomic E-state index is 11.8. The van der Waals surface area contributed by atoms with Gasteiger partial charge in [-0.25, -0.2) is 4.98 Å². The summed E-state index contributed by atoms with van der Waals surface area (Å²) in [5.74, 6) is 0.944. The van der Waals surface area contributed by atoms with Gasteiger partial charge in [-0.2, -0.15) is 0 Å². The Bertz CT molecular complexity index is 587. The number of nitrogens with one attached hydrogen (secondary N) is 3. The molecule has 1 saturated heterocycles. The SMILES string of the molecule is CCCNC(=O)CN1CCC(NC(=NC)NCc2nc(C)c(C)s2)CC1. The first kappa shape index (κ1) is 20.6. The maximum Gasteiger partial charge on any atom is 0.234 e. The highest BCUT2D eigenvalue weighted by Crippen LogP contribution is 2.16. The van der Waals surface area contributed by atoms with Crippen LogP contribution in [0.2, 0.25) is 0 Å². The Morgan fingerprint density at radius 3 is 2.62 bits per heavy atom. The topological polar surface area (TPSA) is 81.7 Å². The number of nitrogens with zero attached hydrogens (tertiary/aromatic N) is 3. The van der Waals surface area contributed by atoms with E-state index >= 15 is 0 Å². The molecule has 146 valence electrons. The molecule has 1 aromatic rings. The van der Waals surface area contributed by atoms with Crippen molar-refractivity contribution in [2.75, 3.05) is 33.2 Å². The third-order valence-corrected chi connectivity index (χ3v) is 5.64. The monoisotopic (exact) mass is 380 g/mol. The third kappa shape index (κ3) is 6.57. The van der Waals surface area contributed by atoms with E-state index in [1.54, 1.807) is 18.4 Å². The molecule has 7 nitrogen and oxygen atoms in total. The highest BCUT2D eigenvalue weighted by molar-refractivity contribution is 7.11. The van der Waals surface area contributed by atoms with Crippen LogP contribution in [-0.4, -0.2) is 61.0 Å². The number of amides is 1. The van der Waals surface area contributed by atoms with E-state index in [1.807, 2.05) is 6.92 Å². The molecule has 3 N–H and O–H groups in total. The average molecular weight is 381 g/mol. The summed E-state index contributed by atoms with van der Waals surface area (Å²) in [6.07, 6.45) is 3.00. The number of thiazole rings is 1. The molecule has 8 heteroatoms. The van der Waals surface area contributed by atoms with Gasteiger partial charge in [0, 0.05) is 37.6 Å².